The fraction of sp³-hybridized carbons (Fsp3) is 0.0714. The summed E-state index contributed by atoms with van der Waals surface area (Å²) in [4.78, 5) is 10.9. The Kier molecular flexibility index (Phi) is 7.78. The Hall–Kier alpha value is -7.16. The number of nitrogens with zero attached hydrogens (tertiary/aromatic N) is 2. The highest BCUT2D eigenvalue weighted by Crippen LogP contribution is 2.62. The first-order chi connectivity index (χ1) is 28.5. The van der Waals surface area contributed by atoms with E-state index in [1.165, 1.54) is 55.6 Å². The van der Waals surface area contributed by atoms with Gasteiger partial charge in [0.15, 0.2) is 5.82 Å². The third kappa shape index (κ3) is 5.18. The van der Waals surface area contributed by atoms with E-state index in [0.717, 1.165) is 39.2 Å². The van der Waals surface area contributed by atoms with Crippen molar-refractivity contribution >= 4 is 0 Å². The second-order valence-corrected chi connectivity index (χ2v) is 16.1. The molecule has 2 aliphatic carbocycles. The minimum atomic E-state index is -0.501. The molecule has 2 aliphatic rings. The van der Waals surface area contributed by atoms with Crippen LogP contribution in [0.4, 0.5) is 0 Å². The summed E-state index contributed by atoms with van der Waals surface area (Å²) in [6.07, 6.45) is 0. The van der Waals surface area contributed by atoms with Gasteiger partial charge in [-0.15, -0.1) is 0 Å². The molecule has 274 valence electrons. The first-order valence-corrected chi connectivity index (χ1v) is 20.2. The third-order valence-electron chi connectivity index (χ3n) is 12.6. The monoisotopic (exact) mass is 740 g/mol. The molecule has 11 rings (SSSR count). The molecule has 1 spiro atoms. The van der Waals surface area contributed by atoms with Crippen LogP contribution in [0.15, 0.2) is 206 Å². The SMILES string of the molecule is CC1(C)c2ccccc2C2(c3ccccc3-c3ccccc32)c2cc(-c3nc(-c4cccc(-c5ccccc5)c4)cc(-c4cccc(-c5ccccc5)c4)n3)ccc21. The molecule has 0 amide bonds. The van der Waals surface area contributed by atoms with Crippen LogP contribution in [0.2, 0.25) is 0 Å². The van der Waals surface area contributed by atoms with Crippen molar-refractivity contribution in [1.29, 1.82) is 0 Å². The highest BCUT2D eigenvalue weighted by Gasteiger charge is 2.53. The highest BCUT2D eigenvalue weighted by atomic mass is 14.9. The topological polar surface area (TPSA) is 25.8 Å². The molecule has 2 nitrogen and oxygen atoms in total. The third-order valence-corrected chi connectivity index (χ3v) is 12.6. The molecule has 58 heavy (non-hydrogen) atoms. The second kappa shape index (κ2) is 13.2. The highest BCUT2D eigenvalue weighted by molar-refractivity contribution is 5.89. The molecule has 1 heterocycles. The van der Waals surface area contributed by atoms with Gasteiger partial charge in [-0.05, 0) is 91.0 Å². The second-order valence-electron chi connectivity index (χ2n) is 16.1. The summed E-state index contributed by atoms with van der Waals surface area (Å²) < 4.78 is 0. The maximum Gasteiger partial charge on any atom is 0.160 e. The lowest BCUT2D eigenvalue weighted by molar-refractivity contribution is 0.563. The molecule has 0 fully saturated rings. The van der Waals surface area contributed by atoms with Crippen LogP contribution in [0.5, 0.6) is 0 Å². The molecular formula is C56H40N2. The summed E-state index contributed by atoms with van der Waals surface area (Å²) in [5.74, 6) is 0.705. The van der Waals surface area contributed by atoms with Crippen molar-refractivity contribution in [3.8, 4) is 67.3 Å². The molecule has 9 aromatic rings. The lowest BCUT2D eigenvalue weighted by Crippen LogP contribution is -2.40. The van der Waals surface area contributed by atoms with E-state index in [1.54, 1.807) is 0 Å². The Bertz CT molecular complexity index is 2890. The largest absolute Gasteiger partial charge is 0.228 e. The summed E-state index contributed by atoms with van der Waals surface area (Å²) >= 11 is 0. The fourth-order valence-corrected chi connectivity index (χ4v) is 9.85. The van der Waals surface area contributed by atoms with Gasteiger partial charge < -0.3 is 0 Å². The summed E-state index contributed by atoms with van der Waals surface area (Å²) in [5, 5.41) is 0. The van der Waals surface area contributed by atoms with Gasteiger partial charge in [-0.3, -0.25) is 0 Å². The number of fused-ring (bicyclic) bond motifs is 9. The fourth-order valence-electron chi connectivity index (χ4n) is 9.85. The number of hydrogen-bond donors (Lipinski definition) is 0. The minimum absolute atomic E-state index is 0.230. The van der Waals surface area contributed by atoms with E-state index in [9.17, 15) is 0 Å². The van der Waals surface area contributed by atoms with Gasteiger partial charge in [0.2, 0.25) is 0 Å². The Morgan fingerprint density at radius 1 is 0.293 bits per heavy atom. The lowest BCUT2D eigenvalue weighted by atomic mass is 9.55. The maximum atomic E-state index is 5.44. The average Bonchev–Trinajstić information content (AvgIpc) is 3.59. The molecule has 0 bridgehead atoms. The Labute approximate surface area is 340 Å². The Morgan fingerprint density at radius 2 is 0.724 bits per heavy atom. The van der Waals surface area contributed by atoms with E-state index in [2.05, 4.69) is 220 Å². The Balaban J connectivity index is 1.16. The van der Waals surface area contributed by atoms with Crippen LogP contribution < -0.4 is 0 Å². The van der Waals surface area contributed by atoms with Crippen molar-refractivity contribution in [2.45, 2.75) is 24.7 Å². The van der Waals surface area contributed by atoms with Gasteiger partial charge in [-0.2, -0.15) is 0 Å². The van der Waals surface area contributed by atoms with E-state index in [4.69, 9.17) is 9.97 Å². The number of hydrogen-bond acceptors (Lipinski definition) is 2. The van der Waals surface area contributed by atoms with Crippen molar-refractivity contribution in [3.05, 3.63) is 240 Å². The van der Waals surface area contributed by atoms with E-state index >= 15 is 0 Å². The van der Waals surface area contributed by atoms with E-state index in [1.807, 2.05) is 0 Å². The van der Waals surface area contributed by atoms with E-state index in [0.29, 0.717) is 5.82 Å². The van der Waals surface area contributed by atoms with E-state index < -0.39 is 5.41 Å². The molecule has 0 N–H and O–H groups in total. The van der Waals surface area contributed by atoms with Crippen molar-refractivity contribution < 1.29 is 0 Å². The Morgan fingerprint density at radius 3 is 1.28 bits per heavy atom. The zero-order chi connectivity index (χ0) is 38.8. The van der Waals surface area contributed by atoms with Crippen LogP contribution in [0, 0.1) is 0 Å². The minimum Gasteiger partial charge on any atom is -0.228 e. The van der Waals surface area contributed by atoms with Crippen LogP contribution in [0.3, 0.4) is 0 Å². The van der Waals surface area contributed by atoms with Gasteiger partial charge in [0, 0.05) is 22.1 Å². The van der Waals surface area contributed by atoms with Crippen LogP contribution in [0.25, 0.3) is 67.3 Å². The lowest BCUT2D eigenvalue weighted by Gasteiger charge is -2.46. The van der Waals surface area contributed by atoms with Gasteiger partial charge >= 0.3 is 0 Å². The number of benzene rings is 8. The zero-order valence-corrected chi connectivity index (χ0v) is 32.5. The van der Waals surface area contributed by atoms with Crippen molar-refractivity contribution in [2.75, 3.05) is 0 Å². The van der Waals surface area contributed by atoms with Crippen molar-refractivity contribution in [1.82, 2.24) is 9.97 Å². The van der Waals surface area contributed by atoms with Crippen LogP contribution >= 0.6 is 0 Å². The van der Waals surface area contributed by atoms with Gasteiger partial charge in [-0.25, -0.2) is 9.97 Å². The molecule has 8 aromatic carbocycles. The molecule has 1 aromatic heterocycles. The smallest absolute Gasteiger partial charge is 0.160 e. The predicted octanol–water partition coefficient (Wildman–Crippen LogP) is 13.8. The maximum absolute atomic E-state index is 5.44. The van der Waals surface area contributed by atoms with E-state index in [-0.39, 0.29) is 5.41 Å². The summed E-state index contributed by atoms with van der Waals surface area (Å²) in [5.41, 5.74) is 19.3. The molecule has 0 radical (unpaired) electrons. The molecule has 0 saturated carbocycles. The van der Waals surface area contributed by atoms with Gasteiger partial charge in [0.25, 0.3) is 0 Å². The molecule has 0 saturated heterocycles. The summed E-state index contributed by atoms with van der Waals surface area (Å²) in [7, 11) is 0. The van der Waals surface area contributed by atoms with Crippen LogP contribution in [-0.4, -0.2) is 9.97 Å². The molecule has 2 heteroatoms. The normalized spacial score (nSPS) is 14.0. The number of rotatable bonds is 5. The van der Waals surface area contributed by atoms with Crippen molar-refractivity contribution in [2.24, 2.45) is 0 Å². The number of aromatic nitrogens is 2. The first kappa shape index (κ1) is 34.1. The summed E-state index contributed by atoms with van der Waals surface area (Å²) in [6, 6.07) is 74.8. The molecule has 0 unspecified atom stereocenters. The molecule has 0 aliphatic heterocycles. The average molecular weight is 741 g/mol. The zero-order valence-electron chi connectivity index (χ0n) is 32.5. The van der Waals surface area contributed by atoms with Gasteiger partial charge in [0.1, 0.15) is 0 Å². The first-order valence-electron chi connectivity index (χ1n) is 20.2. The standard InChI is InChI=1S/C56H40N2/c1-55(2)48-29-13-14-30-50(48)56(46-27-11-9-25-44(46)45-26-10-12-28-47(45)56)51-35-43(31-32-49(51)55)54-57-52(41-23-15-21-39(33-41)37-17-5-3-6-18-37)36-53(58-54)42-24-16-22-40(34-42)38-19-7-4-8-20-38/h3-36H,1-2H3. The quantitative estimate of drug-likeness (QED) is 0.176. The molecular weight excluding hydrogens is 701 g/mol. The van der Waals surface area contributed by atoms with Crippen LogP contribution in [0.1, 0.15) is 47.2 Å². The van der Waals surface area contributed by atoms with Crippen molar-refractivity contribution in [3.63, 3.8) is 0 Å². The van der Waals surface area contributed by atoms with Crippen LogP contribution in [-0.2, 0) is 10.8 Å². The van der Waals surface area contributed by atoms with Gasteiger partial charge in [-0.1, -0.05) is 196 Å². The molecule has 0 atom stereocenters. The van der Waals surface area contributed by atoms with Gasteiger partial charge in [0.05, 0.1) is 16.8 Å². The predicted molar refractivity (Wildman–Crippen MR) is 239 cm³/mol. The summed E-state index contributed by atoms with van der Waals surface area (Å²) in [6.45, 7) is 4.75.